The highest BCUT2D eigenvalue weighted by atomic mass is 79.9. The van der Waals surface area contributed by atoms with Crippen LogP contribution < -0.4 is 0 Å². The Kier molecular flexibility index (Phi) is 4.22. The van der Waals surface area contributed by atoms with E-state index < -0.39 is 0 Å². The molecule has 96 valence electrons. The van der Waals surface area contributed by atoms with Crippen LogP contribution in [-0.4, -0.2) is 9.55 Å². The summed E-state index contributed by atoms with van der Waals surface area (Å²) in [4.78, 5) is 3.03. The van der Waals surface area contributed by atoms with E-state index in [-0.39, 0.29) is 0 Å². The monoisotopic (exact) mass is 364 g/mol. The Labute approximate surface area is 129 Å². The third-order valence-corrected chi connectivity index (χ3v) is 3.94. The van der Waals surface area contributed by atoms with Crippen LogP contribution in [0, 0.1) is 4.77 Å². The molecule has 1 aromatic heterocycles. The van der Waals surface area contributed by atoms with Crippen molar-refractivity contribution in [2.75, 3.05) is 0 Å². The fourth-order valence-corrected chi connectivity index (χ4v) is 3.42. The van der Waals surface area contributed by atoms with Gasteiger partial charge in [0.25, 0.3) is 0 Å². The summed E-state index contributed by atoms with van der Waals surface area (Å²) in [6.45, 7) is 4.18. The minimum atomic E-state index is 0.314. The lowest BCUT2D eigenvalue weighted by Crippen LogP contribution is -2.03. The number of benzene rings is 1. The molecule has 0 amide bonds. The van der Waals surface area contributed by atoms with E-state index in [1.54, 1.807) is 0 Å². The lowest BCUT2D eigenvalue weighted by Gasteiger charge is -2.14. The van der Waals surface area contributed by atoms with Gasteiger partial charge in [0.15, 0.2) is 4.77 Å². The Morgan fingerprint density at radius 3 is 2.33 bits per heavy atom. The molecule has 6 heteroatoms. The Balaban J connectivity index is 2.77. The zero-order chi connectivity index (χ0) is 13.4. The maximum Gasteiger partial charge on any atom is 0.182 e. The van der Waals surface area contributed by atoms with Crippen molar-refractivity contribution < 1.29 is 0 Å². The molecule has 2 rings (SSSR count). The van der Waals surface area contributed by atoms with Crippen LogP contribution in [0.4, 0.5) is 0 Å². The van der Waals surface area contributed by atoms with Gasteiger partial charge in [-0.25, -0.2) is 0 Å². The summed E-state index contributed by atoms with van der Waals surface area (Å²) < 4.78 is 3.32. The van der Waals surface area contributed by atoms with E-state index >= 15 is 0 Å². The van der Waals surface area contributed by atoms with Crippen LogP contribution in [-0.2, 0) is 0 Å². The molecule has 0 saturated heterocycles. The minimum Gasteiger partial charge on any atom is -0.337 e. The van der Waals surface area contributed by atoms with E-state index in [9.17, 15) is 0 Å². The van der Waals surface area contributed by atoms with Crippen LogP contribution >= 0.6 is 51.3 Å². The largest absolute Gasteiger partial charge is 0.337 e. The van der Waals surface area contributed by atoms with Crippen molar-refractivity contribution in [3.8, 4) is 5.69 Å². The molecule has 2 nitrogen and oxygen atoms in total. The first kappa shape index (κ1) is 14.1. The quantitative estimate of drug-likeness (QED) is 0.674. The Morgan fingerprint density at radius 2 is 1.83 bits per heavy atom. The highest BCUT2D eigenvalue weighted by Gasteiger charge is 2.16. The van der Waals surface area contributed by atoms with Crippen LogP contribution in [0.1, 0.15) is 25.5 Å². The summed E-state index contributed by atoms with van der Waals surface area (Å²) in [6.07, 6.45) is 1.89. The van der Waals surface area contributed by atoms with Crippen molar-refractivity contribution in [3.05, 3.63) is 43.3 Å². The molecule has 1 aromatic carbocycles. The number of nitrogens with one attached hydrogen (secondary N) is 1. The maximum atomic E-state index is 6.28. The standard InChI is InChI=1S/C12H11BrCl2N2S/c1-6(2)10-5-16-12(18)17(10)11-8(14)3-7(13)4-9(11)15/h3-6H,1-2H3,(H,16,18). The number of hydrogen-bond donors (Lipinski definition) is 1. The van der Waals surface area contributed by atoms with E-state index in [4.69, 9.17) is 35.4 Å². The van der Waals surface area contributed by atoms with Crippen molar-refractivity contribution in [2.45, 2.75) is 19.8 Å². The van der Waals surface area contributed by atoms with E-state index in [1.807, 2.05) is 22.9 Å². The summed E-state index contributed by atoms with van der Waals surface area (Å²) in [5.74, 6) is 0.314. The first-order chi connectivity index (χ1) is 8.41. The lowest BCUT2D eigenvalue weighted by molar-refractivity contribution is 0.783. The molecule has 0 unspecified atom stereocenters. The minimum absolute atomic E-state index is 0.314. The van der Waals surface area contributed by atoms with E-state index in [0.29, 0.717) is 20.7 Å². The normalized spacial score (nSPS) is 11.2. The predicted octanol–water partition coefficient (Wildman–Crippen LogP) is 5.73. The number of aromatic amines is 1. The predicted molar refractivity (Wildman–Crippen MR) is 82.8 cm³/mol. The Bertz CT molecular complexity index is 623. The molecule has 0 spiro atoms. The second-order valence-corrected chi connectivity index (χ2v) is 6.34. The van der Waals surface area contributed by atoms with E-state index in [0.717, 1.165) is 15.9 Å². The van der Waals surface area contributed by atoms with Gasteiger partial charge in [0.1, 0.15) is 0 Å². The summed E-state index contributed by atoms with van der Waals surface area (Å²) in [5.41, 5.74) is 1.77. The van der Waals surface area contributed by atoms with Gasteiger partial charge in [-0.3, -0.25) is 4.57 Å². The van der Waals surface area contributed by atoms with Gasteiger partial charge in [-0.05, 0) is 30.3 Å². The molecular formula is C12H11BrCl2N2S. The van der Waals surface area contributed by atoms with Gasteiger partial charge in [0.2, 0.25) is 0 Å². The van der Waals surface area contributed by atoms with Crippen molar-refractivity contribution >= 4 is 51.3 Å². The average molecular weight is 366 g/mol. The van der Waals surface area contributed by atoms with Gasteiger partial charge >= 0.3 is 0 Å². The molecule has 0 saturated carbocycles. The fraction of sp³-hybridized carbons (Fsp3) is 0.250. The summed E-state index contributed by atoms with van der Waals surface area (Å²) in [5, 5.41) is 1.12. The van der Waals surface area contributed by atoms with Gasteiger partial charge < -0.3 is 4.98 Å². The van der Waals surface area contributed by atoms with Gasteiger partial charge in [-0.1, -0.05) is 53.0 Å². The Morgan fingerprint density at radius 1 is 1.28 bits per heavy atom. The first-order valence-corrected chi connectivity index (χ1v) is 7.32. The molecule has 0 bridgehead atoms. The van der Waals surface area contributed by atoms with Gasteiger partial charge in [-0.2, -0.15) is 0 Å². The fourth-order valence-electron chi connectivity index (χ4n) is 1.79. The molecule has 1 heterocycles. The van der Waals surface area contributed by atoms with E-state index in [1.165, 1.54) is 0 Å². The smallest absolute Gasteiger partial charge is 0.182 e. The number of H-pyrrole nitrogens is 1. The third kappa shape index (κ3) is 2.52. The van der Waals surface area contributed by atoms with Crippen molar-refractivity contribution in [3.63, 3.8) is 0 Å². The third-order valence-electron chi connectivity index (χ3n) is 2.60. The average Bonchev–Trinajstić information content (AvgIpc) is 2.59. The lowest BCUT2D eigenvalue weighted by atomic mass is 10.1. The van der Waals surface area contributed by atoms with Crippen LogP contribution in [0.5, 0.6) is 0 Å². The number of hydrogen-bond acceptors (Lipinski definition) is 1. The van der Waals surface area contributed by atoms with Crippen LogP contribution in [0.2, 0.25) is 10.0 Å². The van der Waals surface area contributed by atoms with Crippen molar-refractivity contribution in [1.82, 2.24) is 9.55 Å². The molecule has 0 atom stereocenters. The van der Waals surface area contributed by atoms with E-state index in [2.05, 4.69) is 34.8 Å². The summed E-state index contributed by atoms with van der Waals surface area (Å²) >= 11 is 21.2. The highest BCUT2D eigenvalue weighted by molar-refractivity contribution is 9.10. The first-order valence-electron chi connectivity index (χ1n) is 5.37. The summed E-state index contributed by atoms with van der Waals surface area (Å²) in [6, 6.07) is 3.61. The second kappa shape index (κ2) is 5.37. The number of rotatable bonds is 2. The number of aromatic nitrogens is 2. The van der Waals surface area contributed by atoms with Gasteiger partial charge in [-0.15, -0.1) is 0 Å². The molecule has 1 N–H and O–H groups in total. The second-order valence-electron chi connectivity index (χ2n) is 4.23. The zero-order valence-corrected chi connectivity index (χ0v) is 13.7. The van der Waals surface area contributed by atoms with Crippen LogP contribution in [0.15, 0.2) is 22.8 Å². The van der Waals surface area contributed by atoms with Crippen molar-refractivity contribution in [2.24, 2.45) is 0 Å². The van der Waals surface area contributed by atoms with Gasteiger partial charge in [0.05, 0.1) is 15.7 Å². The molecule has 18 heavy (non-hydrogen) atoms. The topological polar surface area (TPSA) is 20.7 Å². The number of halogens is 3. The molecule has 2 aromatic rings. The Hall–Kier alpha value is -0.290. The zero-order valence-electron chi connectivity index (χ0n) is 9.80. The molecule has 0 radical (unpaired) electrons. The SMILES string of the molecule is CC(C)c1c[nH]c(=S)n1-c1c(Cl)cc(Br)cc1Cl. The number of nitrogens with zero attached hydrogens (tertiary/aromatic N) is 1. The molecule has 0 aliphatic carbocycles. The highest BCUT2D eigenvalue weighted by Crippen LogP contribution is 2.34. The molecule has 0 aliphatic rings. The molecule has 0 aliphatic heterocycles. The maximum absolute atomic E-state index is 6.28. The molecule has 0 fully saturated rings. The van der Waals surface area contributed by atoms with Crippen LogP contribution in [0.3, 0.4) is 0 Å². The number of imidazole rings is 1. The van der Waals surface area contributed by atoms with Crippen LogP contribution in [0.25, 0.3) is 5.69 Å². The van der Waals surface area contributed by atoms with Crippen molar-refractivity contribution in [1.29, 1.82) is 0 Å². The van der Waals surface area contributed by atoms with Gasteiger partial charge in [0, 0.05) is 16.4 Å². The molecular weight excluding hydrogens is 355 g/mol. The summed E-state index contributed by atoms with van der Waals surface area (Å²) in [7, 11) is 0.